The van der Waals surface area contributed by atoms with Crippen LogP contribution < -0.4 is 0 Å². The molecular weight excluding hydrogens is 817 g/mol. The maximum atomic E-state index is 12.8. The lowest BCUT2D eigenvalue weighted by molar-refractivity contribution is -0.167. The van der Waals surface area contributed by atoms with Gasteiger partial charge in [-0.25, -0.2) is 0 Å². The number of allylic oxidation sites excluding steroid dienone is 2. The molecule has 0 spiro atoms. The third-order valence-electron chi connectivity index (χ3n) is 13.5. The Morgan fingerprint density at radius 1 is 0.288 bits per heavy atom. The van der Waals surface area contributed by atoms with Gasteiger partial charge < -0.3 is 14.2 Å². The predicted octanol–water partition coefficient (Wildman–Crippen LogP) is 19.7. The molecule has 0 saturated carbocycles. The van der Waals surface area contributed by atoms with Crippen molar-refractivity contribution < 1.29 is 28.6 Å². The van der Waals surface area contributed by atoms with E-state index in [1.165, 1.54) is 225 Å². The summed E-state index contributed by atoms with van der Waals surface area (Å²) < 4.78 is 16.8. The van der Waals surface area contributed by atoms with E-state index in [4.69, 9.17) is 14.2 Å². The number of carbonyl (C=O) groups excluding carboxylic acids is 3. The molecule has 0 fully saturated rings. The van der Waals surface area contributed by atoms with Crippen LogP contribution in [-0.4, -0.2) is 37.2 Å². The van der Waals surface area contributed by atoms with Crippen LogP contribution in [0.3, 0.4) is 0 Å². The molecule has 0 amide bonds. The highest BCUT2D eigenvalue weighted by atomic mass is 16.6. The summed E-state index contributed by atoms with van der Waals surface area (Å²) in [6.45, 7) is 6.62. The van der Waals surface area contributed by atoms with Crippen molar-refractivity contribution in [3.63, 3.8) is 0 Å². The zero-order valence-electron chi connectivity index (χ0n) is 44.7. The van der Waals surface area contributed by atoms with E-state index >= 15 is 0 Å². The fourth-order valence-corrected chi connectivity index (χ4v) is 9.04. The van der Waals surface area contributed by atoms with Gasteiger partial charge in [-0.2, -0.15) is 0 Å². The van der Waals surface area contributed by atoms with Crippen LogP contribution in [0.5, 0.6) is 0 Å². The summed E-state index contributed by atoms with van der Waals surface area (Å²) in [7, 11) is 0. The molecule has 0 bridgehead atoms. The molecule has 66 heavy (non-hydrogen) atoms. The second-order valence-corrected chi connectivity index (χ2v) is 20.3. The second kappa shape index (κ2) is 55.7. The van der Waals surface area contributed by atoms with E-state index in [2.05, 4.69) is 32.9 Å². The topological polar surface area (TPSA) is 78.9 Å². The molecule has 1 unspecified atom stereocenters. The van der Waals surface area contributed by atoms with Gasteiger partial charge in [0.05, 0.1) is 0 Å². The number of unbranched alkanes of at least 4 members (excludes halogenated alkanes) is 42. The van der Waals surface area contributed by atoms with Crippen LogP contribution >= 0.6 is 0 Å². The first-order valence-electron chi connectivity index (χ1n) is 29.7. The van der Waals surface area contributed by atoms with Crippen molar-refractivity contribution in [3.05, 3.63) is 12.2 Å². The van der Waals surface area contributed by atoms with Crippen molar-refractivity contribution in [2.24, 2.45) is 0 Å². The molecule has 390 valence electrons. The fourth-order valence-electron chi connectivity index (χ4n) is 9.04. The first-order chi connectivity index (χ1) is 32.5. The number of hydrogen-bond donors (Lipinski definition) is 0. The lowest BCUT2D eigenvalue weighted by Crippen LogP contribution is -2.30. The minimum atomic E-state index is -0.766. The maximum absolute atomic E-state index is 12.8. The molecule has 0 saturated heterocycles. The molecule has 1 atom stereocenters. The lowest BCUT2D eigenvalue weighted by atomic mass is 10.0. The van der Waals surface area contributed by atoms with Crippen LogP contribution in [0, 0.1) is 0 Å². The Hall–Kier alpha value is -1.85. The Balaban J connectivity index is 4.08. The van der Waals surface area contributed by atoms with E-state index in [0.717, 1.165) is 70.6 Å². The van der Waals surface area contributed by atoms with Crippen molar-refractivity contribution in [3.8, 4) is 0 Å². The van der Waals surface area contributed by atoms with Gasteiger partial charge in [0, 0.05) is 19.3 Å². The minimum Gasteiger partial charge on any atom is -0.462 e. The van der Waals surface area contributed by atoms with Crippen LogP contribution in [0.1, 0.15) is 335 Å². The van der Waals surface area contributed by atoms with Crippen LogP contribution in [0.2, 0.25) is 0 Å². The van der Waals surface area contributed by atoms with Gasteiger partial charge in [0.2, 0.25) is 0 Å². The zero-order valence-corrected chi connectivity index (χ0v) is 44.7. The Morgan fingerprint density at radius 2 is 0.530 bits per heavy atom. The first-order valence-corrected chi connectivity index (χ1v) is 29.7. The molecule has 0 radical (unpaired) electrons. The minimum absolute atomic E-state index is 0.0670. The second-order valence-electron chi connectivity index (χ2n) is 20.3. The summed E-state index contributed by atoms with van der Waals surface area (Å²) in [5.74, 6) is -0.857. The van der Waals surface area contributed by atoms with E-state index in [9.17, 15) is 14.4 Å². The standard InChI is InChI=1S/C60H114O6/c1-4-7-10-13-16-19-22-24-25-26-27-28-29-30-31-32-33-34-35-36-37-39-41-44-47-50-53-59(62)65-56-57(55-64-58(61)52-49-46-43-40-21-18-15-12-9-6-3)66-60(63)54-51-48-45-42-38-23-20-17-14-11-8-5-2/h12,15,57H,4-11,13-14,16-56H2,1-3H3/b15-12-. The third-order valence-corrected chi connectivity index (χ3v) is 13.5. The summed E-state index contributed by atoms with van der Waals surface area (Å²) in [6.07, 6.45) is 63.8. The third kappa shape index (κ3) is 53.1. The Morgan fingerprint density at radius 3 is 0.818 bits per heavy atom. The van der Waals surface area contributed by atoms with Gasteiger partial charge in [-0.15, -0.1) is 0 Å². The van der Waals surface area contributed by atoms with Crippen molar-refractivity contribution >= 4 is 17.9 Å². The zero-order chi connectivity index (χ0) is 47.9. The van der Waals surface area contributed by atoms with E-state index in [0.29, 0.717) is 19.3 Å². The average Bonchev–Trinajstić information content (AvgIpc) is 3.31. The Kier molecular flexibility index (Phi) is 54.2. The molecule has 0 rings (SSSR count). The number of esters is 3. The maximum Gasteiger partial charge on any atom is 0.306 e. The molecule has 0 heterocycles. The van der Waals surface area contributed by atoms with Crippen molar-refractivity contribution in [1.29, 1.82) is 0 Å². The van der Waals surface area contributed by atoms with Crippen molar-refractivity contribution in [1.82, 2.24) is 0 Å². The SMILES string of the molecule is CCC/C=C\CCCCCCCC(=O)OCC(COC(=O)CCCCCCCCCCCCCCCCCCCCCCCCCCCC)OC(=O)CCCCCCCCCCCCCC. The smallest absolute Gasteiger partial charge is 0.306 e. The van der Waals surface area contributed by atoms with Gasteiger partial charge >= 0.3 is 17.9 Å². The molecule has 0 aromatic heterocycles. The summed E-state index contributed by atoms with van der Waals surface area (Å²) in [4.78, 5) is 38.0. The van der Waals surface area contributed by atoms with Crippen molar-refractivity contribution in [2.75, 3.05) is 13.2 Å². The Labute approximate surface area is 411 Å². The number of carbonyl (C=O) groups is 3. The quantitative estimate of drug-likeness (QED) is 0.0262. The Bertz CT molecular complexity index is 1020. The van der Waals surface area contributed by atoms with Gasteiger partial charge in [-0.1, -0.05) is 290 Å². The molecule has 6 nitrogen and oxygen atoms in total. The van der Waals surface area contributed by atoms with Gasteiger partial charge in [-0.3, -0.25) is 14.4 Å². The van der Waals surface area contributed by atoms with Crippen molar-refractivity contribution in [2.45, 2.75) is 341 Å². The van der Waals surface area contributed by atoms with Gasteiger partial charge in [0.1, 0.15) is 13.2 Å². The number of ether oxygens (including phenoxy) is 3. The summed E-state index contributed by atoms with van der Waals surface area (Å²) in [5.41, 5.74) is 0. The molecule has 0 aliphatic rings. The van der Waals surface area contributed by atoms with E-state index < -0.39 is 6.10 Å². The molecule has 6 heteroatoms. The highest BCUT2D eigenvalue weighted by Gasteiger charge is 2.19. The molecule has 0 aromatic carbocycles. The van der Waals surface area contributed by atoms with Crippen LogP contribution in [0.25, 0.3) is 0 Å². The first kappa shape index (κ1) is 64.2. The summed E-state index contributed by atoms with van der Waals surface area (Å²) in [6, 6.07) is 0. The highest BCUT2D eigenvalue weighted by molar-refractivity contribution is 5.71. The van der Waals surface area contributed by atoms with E-state index in [1.54, 1.807) is 0 Å². The van der Waals surface area contributed by atoms with Crippen LogP contribution in [0.4, 0.5) is 0 Å². The average molecular weight is 932 g/mol. The highest BCUT2D eigenvalue weighted by Crippen LogP contribution is 2.18. The number of rotatable bonds is 55. The molecule has 0 aliphatic heterocycles. The summed E-state index contributed by atoms with van der Waals surface area (Å²) >= 11 is 0. The van der Waals surface area contributed by atoms with Gasteiger partial charge in [-0.05, 0) is 38.5 Å². The van der Waals surface area contributed by atoms with E-state index in [1.807, 2.05) is 0 Å². The molecule has 0 aromatic rings. The van der Waals surface area contributed by atoms with Crippen LogP contribution in [0.15, 0.2) is 12.2 Å². The molecule has 0 N–H and O–H groups in total. The molecular formula is C60H114O6. The predicted molar refractivity (Wildman–Crippen MR) is 284 cm³/mol. The van der Waals surface area contributed by atoms with Crippen LogP contribution in [-0.2, 0) is 28.6 Å². The van der Waals surface area contributed by atoms with Gasteiger partial charge in [0.25, 0.3) is 0 Å². The lowest BCUT2D eigenvalue weighted by Gasteiger charge is -2.18. The molecule has 0 aliphatic carbocycles. The fraction of sp³-hybridized carbons (Fsp3) is 0.917. The summed E-state index contributed by atoms with van der Waals surface area (Å²) in [5, 5.41) is 0. The van der Waals surface area contributed by atoms with E-state index in [-0.39, 0.29) is 31.1 Å². The largest absolute Gasteiger partial charge is 0.462 e. The monoisotopic (exact) mass is 931 g/mol. The van der Waals surface area contributed by atoms with Gasteiger partial charge in [0.15, 0.2) is 6.10 Å². The number of hydrogen-bond acceptors (Lipinski definition) is 6. The normalized spacial score (nSPS) is 12.0.